The first-order chi connectivity index (χ1) is 12.1. The number of aryl methyl sites for hydroxylation is 2. The van der Waals surface area contributed by atoms with Crippen LogP contribution in [0, 0.1) is 13.8 Å². The second-order valence-electron chi connectivity index (χ2n) is 5.81. The van der Waals surface area contributed by atoms with Crippen LogP contribution in [0.4, 0.5) is 0 Å². The van der Waals surface area contributed by atoms with Crippen LogP contribution in [0.1, 0.15) is 27.3 Å². The smallest absolute Gasteiger partial charge is 0.338 e. The lowest BCUT2D eigenvalue weighted by molar-refractivity contribution is 0.0472. The van der Waals surface area contributed by atoms with Crippen molar-refractivity contribution in [2.75, 3.05) is 7.11 Å². The van der Waals surface area contributed by atoms with Gasteiger partial charge in [-0.2, -0.15) is 5.10 Å². The number of carbonyl (C=O) groups excluding carboxylic acids is 1. The van der Waals surface area contributed by atoms with Crippen LogP contribution in [0.2, 0.25) is 0 Å². The number of hydrogen-bond acceptors (Lipinski definition) is 4. The van der Waals surface area contributed by atoms with E-state index in [1.165, 1.54) is 0 Å². The van der Waals surface area contributed by atoms with E-state index in [4.69, 9.17) is 9.47 Å². The maximum absolute atomic E-state index is 12.1. The van der Waals surface area contributed by atoms with Crippen LogP contribution in [0.15, 0.2) is 54.6 Å². The average Bonchev–Trinajstić information content (AvgIpc) is 2.98. The predicted molar refractivity (Wildman–Crippen MR) is 95.2 cm³/mol. The molecule has 0 spiro atoms. The summed E-state index contributed by atoms with van der Waals surface area (Å²) in [6, 6.07) is 16.7. The molecule has 0 amide bonds. The van der Waals surface area contributed by atoms with Crippen molar-refractivity contribution in [1.29, 1.82) is 0 Å². The van der Waals surface area contributed by atoms with Crippen molar-refractivity contribution in [2.45, 2.75) is 20.5 Å². The van der Waals surface area contributed by atoms with Crippen molar-refractivity contribution in [3.8, 4) is 11.4 Å². The highest BCUT2D eigenvalue weighted by Gasteiger charge is 2.08. The molecule has 3 aromatic rings. The monoisotopic (exact) mass is 336 g/mol. The molecule has 0 bridgehead atoms. The van der Waals surface area contributed by atoms with Gasteiger partial charge in [0.05, 0.1) is 24.1 Å². The molecule has 1 heterocycles. The van der Waals surface area contributed by atoms with Gasteiger partial charge in [-0.05, 0) is 61.9 Å². The van der Waals surface area contributed by atoms with Crippen LogP contribution in [0.25, 0.3) is 5.69 Å². The molecule has 0 aliphatic carbocycles. The fourth-order valence-corrected chi connectivity index (χ4v) is 2.58. The zero-order valence-corrected chi connectivity index (χ0v) is 14.5. The van der Waals surface area contributed by atoms with Gasteiger partial charge in [-0.15, -0.1) is 0 Å². The van der Waals surface area contributed by atoms with E-state index < -0.39 is 0 Å². The molecule has 5 nitrogen and oxygen atoms in total. The first-order valence-electron chi connectivity index (χ1n) is 8.00. The topological polar surface area (TPSA) is 53.4 Å². The minimum Gasteiger partial charge on any atom is -0.497 e. The summed E-state index contributed by atoms with van der Waals surface area (Å²) in [5, 5.41) is 4.46. The molecule has 128 valence electrons. The standard InChI is InChI=1S/C20H20N2O3/c1-14-12-15(2)22(21-14)18-8-4-16(5-9-18)13-25-20(23)17-6-10-19(24-3)11-7-17/h4-12H,13H2,1-3H3. The maximum Gasteiger partial charge on any atom is 0.338 e. The maximum atomic E-state index is 12.1. The van der Waals surface area contributed by atoms with Gasteiger partial charge in [-0.1, -0.05) is 12.1 Å². The van der Waals surface area contributed by atoms with Gasteiger partial charge in [0.2, 0.25) is 0 Å². The summed E-state index contributed by atoms with van der Waals surface area (Å²) in [6.07, 6.45) is 0. The third-order valence-corrected chi connectivity index (χ3v) is 3.89. The Hall–Kier alpha value is -3.08. The molecule has 0 aliphatic rings. The Kier molecular flexibility index (Phi) is 4.84. The number of methoxy groups -OCH3 is 1. The van der Waals surface area contributed by atoms with Gasteiger partial charge < -0.3 is 9.47 Å². The van der Waals surface area contributed by atoms with Crippen LogP contribution in [-0.4, -0.2) is 22.9 Å². The van der Waals surface area contributed by atoms with Gasteiger partial charge in [0.15, 0.2) is 0 Å². The van der Waals surface area contributed by atoms with Crippen LogP contribution in [-0.2, 0) is 11.3 Å². The number of hydrogen-bond donors (Lipinski definition) is 0. The molecule has 0 fully saturated rings. The van der Waals surface area contributed by atoms with E-state index >= 15 is 0 Å². The summed E-state index contributed by atoms with van der Waals surface area (Å²) >= 11 is 0. The lowest BCUT2D eigenvalue weighted by Gasteiger charge is -2.08. The molecule has 0 saturated carbocycles. The summed E-state index contributed by atoms with van der Waals surface area (Å²) in [5.74, 6) is 0.349. The van der Waals surface area contributed by atoms with E-state index in [2.05, 4.69) is 5.10 Å². The zero-order chi connectivity index (χ0) is 17.8. The second kappa shape index (κ2) is 7.21. The second-order valence-corrected chi connectivity index (χ2v) is 5.81. The van der Waals surface area contributed by atoms with E-state index in [9.17, 15) is 4.79 Å². The molecule has 25 heavy (non-hydrogen) atoms. The molecule has 3 rings (SSSR count). The number of carbonyl (C=O) groups is 1. The Labute approximate surface area is 146 Å². The SMILES string of the molecule is COc1ccc(C(=O)OCc2ccc(-n3nc(C)cc3C)cc2)cc1. The lowest BCUT2D eigenvalue weighted by Crippen LogP contribution is -2.05. The lowest BCUT2D eigenvalue weighted by atomic mass is 10.2. The van der Waals surface area contributed by atoms with Crippen LogP contribution in [0.3, 0.4) is 0 Å². The molecular weight excluding hydrogens is 316 g/mol. The van der Waals surface area contributed by atoms with Gasteiger partial charge in [-0.3, -0.25) is 0 Å². The van der Waals surface area contributed by atoms with Crippen molar-refractivity contribution >= 4 is 5.97 Å². The van der Waals surface area contributed by atoms with Crippen molar-refractivity contribution in [3.63, 3.8) is 0 Å². The van der Waals surface area contributed by atoms with Crippen LogP contribution < -0.4 is 4.74 Å². The molecule has 0 atom stereocenters. The Balaban J connectivity index is 1.63. The number of nitrogens with zero attached hydrogens (tertiary/aromatic N) is 2. The number of ether oxygens (including phenoxy) is 2. The Morgan fingerprint density at radius 3 is 2.28 bits per heavy atom. The predicted octanol–water partition coefficient (Wildman–Crippen LogP) is 3.85. The molecule has 1 aromatic heterocycles. The summed E-state index contributed by atoms with van der Waals surface area (Å²) in [5.41, 5.74) is 4.47. The normalized spacial score (nSPS) is 10.5. The Bertz CT molecular complexity index is 865. The third-order valence-electron chi connectivity index (χ3n) is 3.89. The van der Waals surface area contributed by atoms with Gasteiger partial charge in [0, 0.05) is 5.69 Å². The first kappa shape index (κ1) is 16.8. The summed E-state index contributed by atoms with van der Waals surface area (Å²) in [4.78, 5) is 12.1. The average molecular weight is 336 g/mol. The highest BCUT2D eigenvalue weighted by atomic mass is 16.5. The molecule has 0 N–H and O–H groups in total. The number of benzene rings is 2. The van der Waals surface area contributed by atoms with Gasteiger partial charge in [0.1, 0.15) is 12.4 Å². The fraction of sp³-hybridized carbons (Fsp3) is 0.200. The van der Waals surface area contributed by atoms with E-state index in [1.54, 1.807) is 31.4 Å². The summed E-state index contributed by atoms with van der Waals surface area (Å²) in [6.45, 7) is 4.21. The Morgan fingerprint density at radius 1 is 1.04 bits per heavy atom. The van der Waals surface area contributed by atoms with Crippen molar-refractivity contribution in [3.05, 3.63) is 77.1 Å². The highest BCUT2D eigenvalue weighted by Crippen LogP contribution is 2.15. The quantitative estimate of drug-likeness (QED) is 0.664. The van der Waals surface area contributed by atoms with E-state index in [0.717, 1.165) is 22.6 Å². The number of aromatic nitrogens is 2. The molecule has 5 heteroatoms. The largest absolute Gasteiger partial charge is 0.497 e. The molecule has 0 unspecified atom stereocenters. The fourth-order valence-electron chi connectivity index (χ4n) is 2.58. The molecule has 2 aromatic carbocycles. The summed E-state index contributed by atoms with van der Waals surface area (Å²) < 4.78 is 12.3. The van der Waals surface area contributed by atoms with Crippen LogP contribution >= 0.6 is 0 Å². The highest BCUT2D eigenvalue weighted by molar-refractivity contribution is 5.89. The third kappa shape index (κ3) is 3.88. The minimum absolute atomic E-state index is 0.224. The van der Waals surface area contributed by atoms with Gasteiger partial charge in [0.25, 0.3) is 0 Å². The van der Waals surface area contributed by atoms with Crippen molar-refractivity contribution in [1.82, 2.24) is 9.78 Å². The summed E-state index contributed by atoms with van der Waals surface area (Å²) in [7, 11) is 1.59. The molecule has 0 aliphatic heterocycles. The van der Waals surface area contributed by atoms with E-state index in [0.29, 0.717) is 11.3 Å². The number of rotatable bonds is 5. The van der Waals surface area contributed by atoms with Gasteiger partial charge >= 0.3 is 5.97 Å². The number of esters is 1. The van der Waals surface area contributed by atoms with E-state index in [-0.39, 0.29) is 12.6 Å². The van der Waals surface area contributed by atoms with Crippen molar-refractivity contribution < 1.29 is 14.3 Å². The minimum atomic E-state index is -0.356. The molecule has 0 saturated heterocycles. The zero-order valence-electron chi connectivity index (χ0n) is 14.5. The van der Waals surface area contributed by atoms with E-state index in [1.807, 2.05) is 48.9 Å². The molecule has 0 radical (unpaired) electrons. The van der Waals surface area contributed by atoms with Crippen molar-refractivity contribution in [2.24, 2.45) is 0 Å². The molecular formula is C20H20N2O3. The van der Waals surface area contributed by atoms with Gasteiger partial charge in [-0.25, -0.2) is 9.48 Å². The first-order valence-corrected chi connectivity index (χ1v) is 8.00. The van der Waals surface area contributed by atoms with Crippen LogP contribution in [0.5, 0.6) is 5.75 Å². The Morgan fingerprint density at radius 2 is 1.72 bits per heavy atom.